The third kappa shape index (κ3) is 4.41. The average Bonchev–Trinajstić information content (AvgIpc) is 3.27. The number of hydrogen-bond donors (Lipinski definition) is 1. The van der Waals surface area contributed by atoms with Crippen LogP contribution >= 0.6 is 0 Å². The summed E-state index contributed by atoms with van der Waals surface area (Å²) in [4.78, 5) is 29.6. The van der Waals surface area contributed by atoms with Gasteiger partial charge in [0.25, 0.3) is 5.91 Å². The number of hydrogen-bond acceptors (Lipinski definition) is 5. The summed E-state index contributed by atoms with van der Waals surface area (Å²) in [5.41, 5.74) is 0.559. The lowest BCUT2D eigenvalue weighted by molar-refractivity contribution is -0.128. The van der Waals surface area contributed by atoms with E-state index in [0.717, 1.165) is 12.8 Å². The van der Waals surface area contributed by atoms with Gasteiger partial charge in [0, 0.05) is 44.9 Å². The Morgan fingerprint density at radius 3 is 2.07 bits per heavy atom. The quantitative estimate of drug-likeness (QED) is 0.803. The highest BCUT2D eigenvalue weighted by molar-refractivity contribution is 5.95. The number of nitrogens with one attached hydrogen (secondary N) is 1. The molecular formula is C21H31N3O4. The van der Waals surface area contributed by atoms with Crippen LogP contribution in [0.25, 0.3) is 0 Å². The number of likely N-dealkylation sites (N-methyl/N-ethyl adjacent to an activating group) is 1. The number of piperazine rings is 1. The second-order valence-electron chi connectivity index (χ2n) is 7.53. The molecule has 1 N–H and O–H groups in total. The van der Waals surface area contributed by atoms with Crippen molar-refractivity contribution in [1.29, 1.82) is 0 Å². The van der Waals surface area contributed by atoms with Crippen LogP contribution in [0.2, 0.25) is 0 Å². The predicted molar refractivity (Wildman–Crippen MR) is 107 cm³/mol. The molecule has 7 nitrogen and oxygen atoms in total. The Morgan fingerprint density at radius 1 is 1.00 bits per heavy atom. The largest absolute Gasteiger partial charge is 0.497 e. The minimum absolute atomic E-state index is 0.0331. The van der Waals surface area contributed by atoms with Gasteiger partial charge in [-0.25, -0.2) is 0 Å². The van der Waals surface area contributed by atoms with Gasteiger partial charge in [-0.15, -0.1) is 0 Å². The van der Waals surface area contributed by atoms with Crippen LogP contribution in [0.15, 0.2) is 18.2 Å². The van der Waals surface area contributed by atoms with E-state index in [-0.39, 0.29) is 17.9 Å². The van der Waals surface area contributed by atoms with Crippen LogP contribution in [-0.4, -0.2) is 75.1 Å². The molecule has 0 unspecified atom stereocenters. The van der Waals surface area contributed by atoms with Crippen molar-refractivity contribution in [2.75, 3.05) is 47.4 Å². The zero-order valence-electron chi connectivity index (χ0n) is 17.1. The Kier molecular flexibility index (Phi) is 6.78. The fraction of sp³-hybridized carbons (Fsp3) is 0.619. The normalized spacial score (nSPS) is 19.3. The number of ether oxygens (including phenoxy) is 2. The first-order valence-electron chi connectivity index (χ1n) is 10.1. The summed E-state index contributed by atoms with van der Waals surface area (Å²) in [5, 5.41) is 2.84. The van der Waals surface area contributed by atoms with Gasteiger partial charge in [-0.3, -0.25) is 14.5 Å². The first-order chi connectivity index (χ1) is 13.6. The SMILES string of the molecule is CNC(=O)[C@H](C1CCCC1)N1CCN(C(=O)c2cc(OC)cc(OC)c2)CC1. The van der Waals surface area contributed by atoms with Gasteiger partial charge in [0.2, 0.25) is 5.91 Å². The van der Waals surface area contributed by atoms with E-state index in [2.05, 4.69) is 10.2 Å². The Balaban J connectivity index is 1.67. The third-order valence-electron chi connectivity index (χ3n) is 5.95. The lowest BCUT2D eigenvalue weighted by atomic mass is 9.95. The van der Waals surface area contributed by atoms with Crippen LogP contribution in [-0.2, 0) is 4.79 Å². The van der Waals surface area contributed by atoms with Crippen LogP contribution in [0.4, 0.5) is 0 Å². The van der Waals surface area contributed by atoms with Gasteiger partial charge in [-0.2, -0.15) is 0 Å². The number of benzene rings is 1. The van der Waals surface area contributed by atoms with Crippen molar-refractivity contribution in [3.63, 3.8) is 0 Å². The molecule has 1 aromatic carbocycles. The Morgan fingerprint density at radius 2 is 1.57 bits per heavy atom. The van der Waals surface area contributed by atoms with Crippen molar-refractivity contribution in [2.45, 2.75) is 31.7 Å². The lowest BCUT2D eigenvalue weighted by Gasteiger charge is -2.40. The molecule has 2 amide bonds. The van der Waals surface area contributed by atoms with E-state index in [9.17, 15) is 9.59 Å². The van der Waals surface area contributed by atoms with Gasteiger partial charge in [0.1, 0.15) is 11.5 Å². The molecule has 0 bridgehead atoms. The molecule has 2 fully saturated rings. The van der Waals surface area contributed by atoms with Crippen LogP contribution in [0.5, 0.6) is 11.5 Å². The van der Waals surface area contributed by atoms with Crippen LogP contribution in [0, 0.1) is 5.92 Å². The van der Waals surface area contributed by atoms with Crippen molar-refractivity contribution in [2.24, 2.45) is 5.92 Å². The number of nitrogens with zero attached hydrogens (tertiary/aromatic N) is 2. The molecule has 1 saturated heterocycles. The second-order valence-corrected chi connectivity index (χ2v) is 7.53. The average molecular weight is 389 g/mol. The topological polar surface area (TPSA) is 71.1 Å². The summed E-state index contributed by atoms with van der Waals surface area (Å²) < 4.78 is 10.6. The molecule has 1 heterocycles. The van der Waals surface area contributed by atoms with Gasteiger partial charge in [-0.1, -0.05) is 12.8 Å². The molecule has 0 spiro atoms. The van der Waals surface area contributed by atoms with E-state index >= 15 is 0 Å². The van der Waals surface area contributed by atoms with Crippen LogP contribution in [0.3, 0.4) is 0 Å². The minimum Gasteiger partial charge on any atom is -0.497 e. The molecule has 1 aromatic rings. The van der Waals surface area contributed by atoms with E-state index in [4.69, 9.17) is 9.47 Å². The Labute approximate surface area is 167 Å². The summed E-state index contributed by atoms with van der Waals surface area (Å²) >= 11 is 0. The molecule has 1 atom stereocenters. The van der Waals surface area contributed by atoms with Gasteiger partial charge in [-0.05, 0) is 30.9 Å². The number of methoxy groups -OCH3 is 2. The van der Waals surface area contributed by atoms with E-state index in [1.807, 2.05) is 4.90 Å². The number of carbonyl (C=O) groups is 2. The van der Waals surface area contributed by atoms with Crippen LogP contribution in [0.1, 0.15) is 36.0 Å². The zero-order valence-corrected chi connectivity index (χ0v) is 17.1. The first kappa shape index (κ1) is 20.5. The van der Waals surface area contributed by atoms with E-state index < -0.39 is 0 Å². The second kappa shape index (κ2) is 9.28. The van der Waals surface area contributed by atoms with Crippen LogP contribution < -0.4 is 14.8 Å². The molecule has 28 heavy (non-hydrogen) atoms. The zero-order chi connectivity index (χ0) is 20.1. The molecule has 7 heteroatoms. The fourth-order valence-corrected chi connectivity index (χ4v) is 4.42. The molecule has 3 rings (SSSR count). The summed E-state index contributed by atoms with van der Waals surface area (Å²) in [6.07, 6.45) is 4.63. The monoisotopic (exact) mass is 389 g/mol. The summed E-state index contributed by atoms with van der Waals surface area (Å²) in [5.74, 6) is 1.69. The summed E-state index contributed by atoms with van der Waals surface area (Å²) in [6.45, 7) is 2.64. The number of carbonyl (C=O) groups excluding carboxylic acids is 2. The van der Waals surface area contributed by atoms with E-state index in [1.165, 1.54) is 12.8 Å². The highest BCUT2D eigenvalue weighted by atomic mass is 16.5. The first-order valence-corrected chi connectivity index (χ1v) is 10.1. The van der Waals surface area contributed by atoms with Crippen molar-refractivity contribution >= 4 is 11.8 Å². The maximum absolute atomic E-state index is 13.0. The molecule has 0 aromatic heterocycles. The standard InChI is InChI=1S/C21H31N3O4/c1-22-20(25)19(15-6-4-5-7-15)23-8-10-24(11-9-23)21(26)16-12-17(27-2)14-18(13-16)28-3/h12-15,19H,4-11H2,1-3H3,(H,22,25)/t19-/m0/s1. The number of rotatable bonds is 6. The van der Waals surface area contributed by atoms with E-state index in [1.54, 1.807) is 39.5 Å². The molecule has 154 valence electrons. The maximum Gasteiger partial charge on any atom is 0.254 e. The lowest BCUT2D eigenvalue weighted by Crippen LogP contribution is -2.57. The summed E-state index contributed by atoms with van der Waals surface area (Å²) in [7, 11) is 4.85. The fourth-order valence-electron chi connectivity index (χ4n) is 4.42. The summed E-state index contributed by atoms with van der Waals surface area (Å²) in [6, 6.07) is 5.15. The molecule has 1 aliphatic carbocycles. The molecule has 2 aliphatic rings. The predicted octanol–water partition coefficient (Wildman–Crippen LogP) is 1.77. The molecular weight excluding hydrogens is 358 g/mol. The van der Waals surface area contributed by atoms with Crippen molar-refractivity contribution in [3.05, 3.63) is 23.8 Å². The molecule has 1 aliphatic heterocycles. The van der Waals surface area contributed by atoms with Crippen molar-refractivity contribution in [3.8, 4) is 11.5 Å². The maximum atomic E-state index is 13.0. The van der Waals surface area contributed by atoms with Crippen molar-refractivity contribution < 1.29 is 19.1 Å². The smallest absolute Gasteiger partial charge is 0.254 e. The van der Waals surface area contributed by atoms with Crippen molar-refractivity contribution in [1.82, 2.24) is 15.1 Å². The van der Waals surface area contributed by atoms with Gasteiger partial charge in [0.05, 0.1) is 20.3 Å². The number of amides is 2. The third-order valence-corrected chi connectivity index (χ3v) is 5.95. The van der Waals surface area contributed by atoms with Gasteiger partial charge < -0.3 is 19.7 Å². The molecule has 1 saturated carbocycles. The highest BCUT2D eigenvalue weighted by Gasteiger charge is 2.37. The molecule has 0 radical (unpaired) electrons. The Bertz CT molecular complexity index is 673. The highest BCUT2D eigenvalue weighted by Crippen LogP contribution is 2.31. The Hall–Kier alpha value is -2.28. The minimum atomic E-state index is -0.0818. The van der Waals surface area contributed by atoms with Gasteiger partial charge in [0.15, 0.2) is 0 Å². The van der Waals surface area contributed by atoms with E-state index in [0.29, 0.717) is 49.2 Å². The van der Waals surface area contributed by atoms with Gasteiger partial charge >= 0.3 is 0 Å².